The predicted octanol–water partition coefficient (Wildman–Crippen LogP) is 2.19. The second-order valence-electron chi connectivity index (χ2n) is 9.87. The SMILES string of the molecule is CC1(C)CC(NC(=O)C2CC(=O)N(Cc3ccc4c(c3)OCO4)C2)CC(C)(C)N1. The predicted molar refractivity (Wildman–Crippen MR) is 109 cm³/mol. The monoisotopic (exact) mass is 401 g/mol. The van der Waals surface area contributed by atoms with Gasteiger partial charge in [0, 0.05) is 36.6 Å². The normalized spacial score (nSPS) is 25.3. The van der Waals surface area contributed by atoms with Gasteiger partial charge in [-0.2, -0.15) is 0 Å². The van der Waals surface area contributed by atoms with Crippen LogP contribution in [0, 0.1) is 5.92 Å². The second kappa shape index (κ2) is 7.20. The van der Waals surface area contributed by atoms with Gasteiger partial charge in [0.1, 0.15) is 0 Å². The number of amides is 2. The molecule has 1 aromatic rings. The van der Waals surface area contributed by atoms with Crippen LogP contribution in [0.2, 0.25) is 0 Å². The molecule has 29 heavy (non-hydrogen) atoms. The highest BCUT2D eigenvalue weighted by Crippen LogP contribution is 2.33. The number of rotatable bonds is 4. The zero-order chi connectivity index (χ0) is 20.8. The largest absolute Gasteiger partial charge is 0.454 e. The van der Waals surface area contributed by atoms with Crippen LogP contribution in [-0.2, 0) is 16.1 Å². The lowest BCUT2D eigenvalue weighted by atomic mass is 9.79. The lowest BCUT2D eigenvalue weighted by Crippen LogP contribution is -2.62. The third kappa shape index (κ3) is 4.50. The molecule has 0 bridgehead atoms. The molecule has 0 aromatic heterocycles. The summed E-state index contributed by atoms with van der Waals surface area (Å²) in [7, 11) is 0. The molecule has 1 aromatic carbocycles. The van der Waals surface area contributed by atoms with Gasteiger partial charge in [0.2, 0.25) is 18.6 Å². The van der Waals surface area contributed by atoms with Gasteiger partial charge in [0.15, 0.2) is 11.5 Å². The quantitative estimate of drug-likeness (QED) is 0.809. The molecule has 2 N–H and O–H groups in total. The van der Waals surface area contributed by atoms with E-state index < -0.39 is 0 Å². The van der Waals surface area contributed by atoms with Crippen LogP contribution >= 0.6 is 0 Å². The first-order valence-electron chi connectivity index (χ1n) is 10.4. The van der Waals surface area contributed by atoms with Crippen LogP contribution in [0.25, 0.3) is 0 Å². The number of hydrogen-bond donors (Lipinski definition) is 2. The maximum atomic E-state index is 12.9. The topological polar surface area (TPSA) is 79.9 Å². The molecule has 2 amide bonds. The second-order valence-corrected chi connectivity index (χ2v) is 9.87. The Morgan fingerprint density at radius 2 is 1.86 bits per heavy atom. The van der Waals surface area contributed by atoms with Gasteiger partial charge in [-0.25, -0.2) is 0 Å². The maximum Gasteiger partial charge on any atom is 0.231 e. The third-order valence-corrected chi connectivity index (χ3v) is 5.93. The minimum atomic E-state index is -0.294. The van der Waals surface area contributed by atoms with Crippen LogP contribution in [0.15, 0.2) is 18.2 Å². The van der Waals surface area contributed by atoms with E-state index in [9.17, 15) is 9.59 Å². The van der Waals surface area contributed by atoms with Gasteiger partial charge in [-0.05, 0) is 58.2 Å². The smallest absolute Gasteiger partial charge is 0.231 e. The summed E-state index contributed by atoms with van der Waals surface area (Å²) in [5.74, 6) is 1.16. The molecule has 2 fully saturated rings. The zero-order valence-corrected chi connectivity index (χ0v) is 17.7. The van der Waals surface area contributed by atoms with E-state index in [-0.39, 0.29) is 48.1 Å². The minimum Gasteiger partial charge on any atom is -0.454 e. The molecule has 158 valence electrons. The number of carbonyl (C=O) groups excluding carboxylic acids is 2. The van der Waals surface area contributed by atoms with Crippen LogP contribution in [-0.4, -0.2) is 47.2 Å². The number of likely N-dealkylation sites (tertiary alicyclic amines) is 1. The Labute approximate surface area is 172 Å². The van der Waals surface area contributed by atoms with Gasteiger partial charge in [0.25, 0.3) is 0 Å². The first-order chi connectivity index (χ1) is 13.6. The van der Waals surface area contributed by atoms with E-state index in [2.05, 4.69) is 38.3 Å². The highest BCUT2D eigenvalue weighted by atomic mass is 16.7. The fourth-order valence-corrected chi connectivity index (χ4v) is 5.10. The van der Waals surface area contributed by atoms with Crippen molar-refractivity contribution in [2.75, 3.05) is 13.3 Å². The van der Waals surface area contributed by atoms with Crippen LogP contribution in [0.4, 0.5) is 0 Å². The number of ether oxygens (including phenoxy) is 2. The fraction of sp³-hybridized carbons (Fsp3) is 0.636. The zero-order valence-electron chi connectivity index (χ0n) is 17.7. The van der Waals surface area contributed by atoms with Crippen molar-refractivity contribution in [3.63, 3.8) is 0 Å². The van der Waals surface area contributed by atoms with E-state index in [1.165, 1.54) is 0 Å². The van der Waals surface area contributed by atoms with E-state index in [0.29, 0.717) is 18.8 Å². The Kier molecular flexibility index (Phi) is 4.97. The average molecular weight is 402 g/mol. The number of benzene rings is 1. The molecule has 3 aliphatic heterocycles. The molecule has 7 nitrogen and oxygen atoms in total. The summed E-state index contributed by atoms with van der Waals surface area (Å²) in [6, 6.07) is 5.82. The van der Waals surface area contributed by atoms with E-state index in [0.717, 1.165) is 24.2 Å². The van der Waals surface area contributed by atoms with Crippen molar-refractivity contribution in [3.8, 4) is 11.5 Å². The van der Waals surface area contributed by atoms with E-state index >= 15 is 0 Å². The molecule has 2 saturated heterocycles. The molecular formula is C22H31N3O4. The molecule has 0 saturated carbocycles. The molecular weight excluding hydrogens is 370 g/mol. The molecule has 4 rings (SSSR count). The van der Waals surface area contributed by atoms with Gasteiger partial charge in [0.05, 0.1) is 5.92 Å². The number of carbonyl (C=O) groups is 2. The number of piperidine rings is 1. The number of hydrogen-bond acceptors (Lipinski definition) is 5. The molecule has 0 spiro atoms. The van der Waals surface area contributed by atoms with Crippen LogP contribution < -0.4 is 20.1 Å². The Hall–Kier alpha value is -2.28. The van der Waals surface area contributed by atoms with Crippen molar-refractivity contribution in [3.05, 3.63) is 23.8 Å². The summed E-state index contributed by atoms with van der Waals surface area (Å²) >= 11 is 0. The Morgan fingerprint density at radius 3 is 2.59 bits per heavy atom. The maximum absolute atomic E-state index is 12.9. The van der Waals surface area contributed by atoms with E-state index in [4.69, 9.17) is 9.47 Å². The van der Waals surface area contributed by atoms with Crippen molar-refractivity contribution in [2.24, 2.45) is 5.92 Å². The van der Waals surface area contributed by atoms with E-state index in [1.54, 1.807) is 4.90 Å². The van der Waals surface area contributed by atoms with Crippen LogP contribution in [0.1, 0.15) is 52.5 Å². The Morgan fingerprint density at radius 1 is 1.17 bits per heavy atom. The lowest BCUT2D eigenvalue weighted by Gasteiger charge is -2.46. The van der Waals surface area contributed by atoms with Gasteiger partial charge in [-0.15, -0.1) is 0 Å². The van der Waals surface area contributed by atoms with Crippen LogP contribution in [0.3, 0.4) is 0 Å². The summed E-state index contributed by atoms with van der Waals surface area (Å²) in [6.07, 6.45) is 2.03. The highest BCUT2D eigenvalue weighted by Gasteiger charge is 2.40. The number of nitrogens with zero attached hydrogens (tertiary/aromatic N) is 1. The highest BCUT2D eigenvalue weighted by molar-refractivity contribution is 5.89. The molecule has 1 atom stereocenters. The molecule has 1 unspecified atom stereocenters. The summed E-state index contributed by atoms with van der Waals surface area (Å²) in [4.78, 5) is 27.2. The third-order valence-electron chi connectivity index (χ3n) is 5.93. The molecule has 3 aliphatic rings. The van der Waals surface area contributed by atoms with Gasteiger partial charge in [-0.1, -0.05) is 6.07 Å². The molecule has 0 radical (unpaired) electrons. The van der Waals surface area contributed by atoms with Crippen molar-refractivity contribution < 1.29 is 19.1 Å². The van der Waals surface area contributed by atoms with Gasteiger partial charge >= 0.3 is 0 Å². The summed E-state index contributed by atoms with van der Waals surface area (Å²) in [6.45, 7) is 9.83. The van der Waals surface area contributed by atoms with Crippen molar-refractivity contribution >= 4 is 11.8 Å². The van der Waals surface area contributed by atoms with E-state index in [1.807, 2.05) is 18.2 Å². The van der Waals surface area contributed by atoms with Crippen molar-refractivity contribution in [2.45, 2.75) is 70.6 Å². The number of nitrogens with one attached hydrogen (secondary N) is 2. The Bertz CT molecular complexity index is 804. The van der Waals surface area contributed by atoms with Crippen molar-refractivity contribution in [1.29, 1.82) is 0 Å². The van der Waals surface area contributed by atoms with Crippen molar-refractivity contribution in [1.82, 2.24) is 15.5 Å². The molecule has 0 aliphatic carbocycles. The Balaban J connectivity index is 1.35. The minimum absolute atomic E-state index is 0.00923. The summed E-state index contributed by atoms with van der Waals surface area (Å²) in [5.41, 5.74) is 0.915. The fourth-order valence-electron chi connectivity index (χ4n) is 5.10. The molecule has 7 heteroatoms. The standard InChI is InChI=1S/C22H31N3O4/c1-21(2)9-16(10-22(3,4)24-21)23-20(27)15-8-19(26)25(12-15)11-14-5-6-17-18(7-14)29-13-28-17/h5-7,15-16,24H,8-13H2,1-4H3,(H,23,27). The lowest BCUT2D eigenvalue weighted by molar-refractivity contribution is -0.129. The molecule has 3 heterocycles. The summed E-state index contributed by atoms with van der Waals surface area (Å²) in [5, 5.41) is 6.85. The summed E-state index contributed by atoms with van der Waals surface area (Å²) < 4.78 is 10.7. The van der Waals surface area contributed by atoms with Gasteiger partial charge in [-0.3, -0.25) is 9.59 Å². The first kappa shape index (κ1) is 20.0. The van der Waals surface area contributed by atoms with Gasteiger partial charge < -0.3 is 25.0 Å². The number of fused-ring (bicyclic) bond motifs is 1. The average Bonchev–Trinajstić information content (AvgIpc) is 3.18. The van der Waals surface area contributed by atoms with Crippen LogP contribution in [0.5, 0.6) is 11.5 Å². The first-order valence-corrected chi connectivity index (χ1v) is 10.4.